The fourth-order valence-corrected chi connectivity index (χ4v) is 2.55. The molecule has 68 valence electrons. The molecule has 0 fully saturated rings. The van der Waals surface area contributed by atoms with Crippen LogP contribution < -0.4 is 5.73 Å². The van der Waals surface area contributed by atoms with Crippen molar-refractivity contribution in [2.45, 2.75) is 20.3 Å². The van der Waals surface area contributed by atoms with Crippen LogP contribution in [0.5, 0.6) is 0 Å². The average Bonchev–Trinajstić information content (AvgIpc) is 2.47. The number of benzene rings is 1. The molecule has 2 aromatic rings. The number of hydrogen-bond acceptors (Lipinski definition) is 2. The molecular formula is C11H13NS. The van der Waals surface area contributed by atoms with Gasteiger partial charge >= 0.3 is 0 Å². The van der Waals surface area contributed by atoms with Crippen LogP contribution in [-0.4, -0.2) is 0 Å². The Morgan fingerprint density at radius 3 is 2.85 bits per heavy atom. The highest BCUT2D eigenvalue weighted by Crippen LogP contribution is 2.29. The van der Waals surface area contributed by atoms with E-state index in [4.69, 9.17) is 5.73 Å². The van der Waals surface area contributed by atoms with Crippen LogP contribution in [0, 0.1) is 6.92 Å². The van der Waals surface area contributed by atoms with Crippen LogP contribution in [0.4, 0.5) is 5.69 Å². The molecule has 0 atom stereocenters. The topological polar surface area (TPSA) is 26.0 Å². The minimum Gasteiger partial charge on any atom is -0.398 e. The van der Waals surface area contributed by atoms with Crippen molar-refractivity contribution in [1.29, 1.82) is 0 Å². The first-order chi connectivity index (χ1) is 6.22. The maximum absolute atomic E-state index is 5.93. The molecule has 2 rings (SSSR count). The zero-order chi connectivity index (χ0) is 9.42. The highest BCUT2D eigenvalue weighted by molar-refractivity contribution is 7.17. The lowest BCUT2D eigenvalue weighted by Crippen LogP contribution is -1.91. The third-order valence-electron chi connectivity index (χ3n) is 2.41. The number of fused-ring (bicyclic) bond motifs is 1. The second-order valence-electron chi connectivity index (χ2n) is 3.32. The minimum absolute atomic E-state index is 0.927. The quantitative estimate of drug-likeness (QED) is 0.687. The summed E-state index contributed by atoms with van der Waals surface area (Å²) in [6.07, 6.45) is 1.01. The Morgan fingerprint density at radius 1 is 1.38 bits per heavy atom. The monoisotopic (exact) mass is 191 g/mol. The van der Waals surface area contributed by atoms with Gasteiger partial charge in [0.25, 0.3) is 0 Å². The Kier molecular flexibility index (Phi) is 2.00. The largest absolute Gasteiger partial charge is 0.398 e. The molecule has 0 bridgehead atoms. The first-order valence-electron chi connectivity index (χ1n) is 4.48. The van der Waals surface area contributed by atoms with Gasteiger partial charge in [-0.15, -0.1) is 11.3 Å². The molecule has 2 N–H and O–H groups in total. The molecule has 1 heterocycles. The van der Waals surface area contributed by atoms with E-state index < -0.39 is 0 Å². The lowest BCUT2D eigenvalue weighted by Gasteiger charge is -2.02. The Labute approximate surface area is 82.2 Å². The first-order valence-corrected chi connectivity index (χ1v) is 5.36. The van der Waals surface area contributed by atoms with Gasteiger partial charge in [-0.1, -0.05) is 6.92 Å². The zero-order valence-corrected chi connectivity index (χ0v) is 8.74. The number of anilines is 1. The molecule has 0 saturated heterocycles. The molecule has 0 aliphatic heterocycles. The molecule has 1 aromatic carbocycles. The number of hydrogen-bond donors (Lipinski definition) is 1. The van der Waals surface area contributed by atoms with Crippen LogP contribution in [0.2, 0.25) is 0 Å². The van der Waals surface area contributed by atoms with Gasteiger partial charge in [-0.05, 0) is 47.4 Å². The van der Waals surface area contributed by atoms with Gasteiger partial charge in [0.05, 0.1) is 0 Å². The molecule has 0 aliphatic rings. The van der Waals surface area contributed by atoms with Crippen molar-refractivity contribution in [3.63, 3.8) is 0 Å². The van der Waals surface area contributed by atoms with Crippen molar-refractivity contribution in [2.75, 3.05) is 5.73 Å². The second kappa shape index (κ2) is 3.04. The number of nitrogen functional groups attached to an aromatic ring is 1. The molecule has 0 spiro atoms. The van der Waals surface area contributed by atoms with E-state index in [1.54, 1.807) is 11.3 Å². The Bertz CT molecular complexity index is 443. The normalized spacial score (nSPS) is 10.9. The molecule has 0 saturated carbocycles. The lowest BCUT2D eigenvalue weighted by molar-refractivity contribution is 1.15. The average molecular weight is 191 g/mol. The summed E-state index contributed by atoms with van der Waals surface area (Å²) in [5.41, 5.74) is 9.44. The standard InChI is InChI=1S/C11H13NS/c1-3-8-4-11-9(5-10(8)12)7(2)6-13-11/h4-6H,3,12H2,1-2H3. The van der Waals surface area contributed by atoms with Crippen LogP contribution in [0.1, 0.15) is 18.1 Å². The number of thiophene rings is 1. The lowest BCUT2D eigenvalue weighted by atomic mass is 10.1. The van der Waals surface area contributed by atoms with Crippen LogP contribution in [0.15, 0.2) is 17.5 Å². The molecule has 13 heavy (non-hydrogen) atoms. The van der Waals surface area contributed by atoms with E-state index in [2.05, 4.69) is 31.4 Å². The fourth-order valence-electron chi connectivity index (χ4n) is 1.57. The van der Waals surface area contributed by atoms with Crippen LogP contribution >= 0.6 is 11.3 Å². The zero-order valence-electron chi connectivity index (χ0n) is 7.92. The second-order valence-corrected chi connectivity index (χ2v) is 4.23. The molecule has 0 aliphatic carbocycles. The van der Waals surface area contributed by atoms with E-state index in [1.807, 2.05) is 0 Å². The third-order valence-corrected chi connectivity index (χ3v) is 3.47. The summed E-state index contributed by atoms with van der Waals surface area (Å²) in [7, 11) is 0. The van der Waals surface area contributed by atoms with E-state index >= 15 is 0 Å². The predicted octanol–water partition coefficient (Wildman–Crippen LogP) is 3.35. The minimum atomic E-state index is 0.927. The molecule has 1 nitrogen and oxygen atoms in total. The molecule has 0 radical (unpaired) electrons. The number of nitrogens with two attached hydrogens (primary N) is 1. The van der Waals surface area contributed by atoms with Crippen molar-refractivity contribution in [3.8, 4) is 0 Å². The molecule has 0 amide bonds. The Morgan fingerprint density at radius 2 is 2.15 bits per heavy atom. The van der Waals surface area contributed by atoms with Crippen LogP contribution in [-0.2, 0) is 6.42 Å². The third kappa shape index (κ3) is 1.31. The predicted molar refractivity (Wildman–Crippen MR) is 60.4 cm³/mol. The van der Waals surface area contributed by atoms with Crippen molar-refractivity contribution in [2.24, 2.45) is 0 Å². The summed E-state index contributed by atoms with van der Waals surface area (Å²) < 4.78 is 1.35. The maximum Gasteiger partial charge on any atom is 0.0353 e. The summed E-state index contributed by atoms with van der Waals surface area (Å²) in [4.78, 5) is 0. The van der Waals surface area contributed by atoms with E-state index in [0.29, 0.717) is 0 Å². The van der Waals surface area contributed by atoms with Crippen molar-refractivity contribution in [1.82, 2.24) is 0 Å². The van der Waals surface area contributed by atoms with Crippen molar-refractivity contribution < 1.29 is 0 Å². The fraction of sp³-hybridized carbons (Fsp3) is 0.273. The number of rotatable bonds is 1. The van der Waals surface area contributed by atoms with Crippen LogP contribution in [0.25, 0.3) is 10.1 Å². The highest BCUT2D eigenvalue weighted by Gasteiger charge is 2.03. The Hall–Kier alpha value is -1.02. The maximum atomic E-state index is 5.93. The summed E-state index contributed by atoms with van der Waals surface area (Å²) in [5.74, 6) is 0. The van der Waals surface area contributed by atoms with Gasteiger partial charge in [-0.3, -0.25) is 0 Å². The summed E-state index contributed by atoms with van der Waals surface area (Å²) in [5, 5.41) is 3.49. The highest BCUT2D eigenvalue weighted by atomic mass is 32.1. The van der Waals surface area contributed by atoms with Gasteiger partial charge in [-0.25, -0.2) is 0 Å². The summed E-state index contributed by atoms with van der Waals surface area (Å²) in [6.45, 7) is 4.27. The first kappa shape index (κ1) is 8.57. The van der Waals surface area contributed by atoms with E-state index in [1.165, 1.54) is 21.2 Å². The van der Waals surface area contributed by atoms with Crippen LogP contribution in [0.3, 0.4) is 0 Å². The van der Waals surface area contributed by atoms with E-state index in [9.17, 15) is 0 Å². The van der Waals surface area contributed by atoms with Crippen molar-refractivity contribution in [3.05, 3.63) is 28.6 Å². The summed E-state index contributed by atoms with van der Waals surface area (Å²) >= 11 is 1.80. The van der Waals surface area contributed by atoms with E-state index in [0.717, 1.165) is 12.1 Å². The van der Waals surface area contributed by atoms with Gasteiger partial charge in [0.2, 0.25) is 0 Å². The molecular weight excluding hydrogens is 178 g/mol. The number of aryl methyl sites for hydroxylation is 2. The van der Waals surface area contributed by atoms with Gasteiger partial charge in [-0.2, -0.15) is 0 Å². The molecule has 2 heteroatoms. The van der Waals surface area contributed by atoms with Crippen molar-refractivity contribution >= 4 is 27.1 Å². The SMILES string of the molecule is CCc1cc2scc(C)c2cc1N. The van der Waals surface area contributed by atoms with E-state index in [-0.39, 0.29) is 0 Å². The van der Waals surface area contributed by atoms with Gasteiger partial charge in [0.15, 0.2) is 0 Å². The molecule has 0 unspecified atom stereocenters. The van der Waals surface area contributed by atoms with Gasteiger partial charge < -0.3 is 5.73 Å². The Balaban J connectivity index is 2.76. The van der Waals surface area contributed by atoms with Gasteiger partial charge in [0, 0.05) is 10.4 Å². The smallest absolute Gasteiger partial charge is 0.0353 e. The molecule has 1 aromatic heterocycles. The summed E-state index contributed by atoms with van der Waals surface area (Å²) in [6, 6.07) is 4.31. The van der Waals surface area contributed by atoms with Gasteiger partial charge in [0.1, 0.15) is 0 Å².